The van der Waals surface area contributed by atoms with E-state index in [9.17, 15) is 18.0 Å². The first kappa shape index (κ1) is 23.3. The van der Waals surface area contributed by atoms with Gasteiger partial charge in [-0.15, -0.1) is 0 Å². The molecule has 4 rings (SSSR count). The maximum absolute atomic E-state index is 12.8. The largest absolute Gasteiger partial charge is 0.478 e. The number of methoxy groups -OCH3 is 1. The van der Waals surface area contributed by atoms with Crippen molar-refractivity contribution in [1.29, 1.82) is 0 Å². The Morgan fingerprint density at radius 3 is 2.53 bits per heavy atom. The molecule has 0 atom stereocenters. The Balaban J connectivity index is 1.75. The second-order valence-electron chi connectivity index (χ2n) is 6.94. The molecule has 174 valence electrons. The molecule has 0 saturated carbocycles. The SMILES string of the molecule is COCc1cc(Nc2ccc(C(F)(F)F)cn2)c2ncc(-c3ncc(C(=O)O)cc3Cl)nc2n1. The molecule has 0 bridgehead atoms. The molecule has 13 heteroatoms. The van der Waals surface area contributed by atoms with Crippen LogP contribution in [0.1, 0.15) is 21.6 Å². The Morgan fingerprint density at radius 1 is 1.12 bits per heavy atom. The highest BCUT2D eigenvalue weighted by Gasteiger charge is 2.30. The molecule has 0 fully saturated rings. The van der Waals surface area contributed by atoms with Crippen molar-refractivity contribution < 1.29 is 27.8 Å². The number of aromatic carboxylic acids is 1. The van der Waals surface area contributed by atoms with Crippen molar-refractivity contribution in [2.75, 3.05) is 12.4 Å². The third-order valence-corrected chi connectivity index (χ3v) is 4.83. The minimum absolute atomic E-state index is 0.0638. The Kier molecular flexibility index (Phi) is 6.26. The van der Waals surface area contributed by atoms with Crippen LogP contribution in [0, 0.1) is 0 Å². The number of carboxylic acid groups (broad SMARTS) is 1. The quantitative estimate of drug-likeness (QED) is 0.394. The summed E-state index contributed by atoms with van der Waals surface area (Å²) in [5.74, 6) is -1.02. The zero-order chi connectivity index (χ0) is 24.5. The number of rotatable bonds is 6. The van der Waals surface area contributed by atoms with Gasteiger partial charge in [-0.25, -0.2) is 24.7 Å². The highest BCUT2D eigenvalue weighted by molar-refractivity contribution is 6.33. The fourth-order valence-corrected chi connectivity index (χ4v) is 3.26. The Hall–Kier alpha value is -3.90. The number of pyridine rings is 3. The summed E-state index contributed by atoms with van der Waals surface area (Å²) in [6.45, 7) is 0.128. The number of carboxylic acids is 1. The second-order valence-corrected chi connectivity index (χ2v) is 7.34. The molecule has 0 aliphatic heterocycles. The predicted octanol–water partition coefficient (Wildman–Crippen LogP) is 4.74. The van der Waals surface area contributed by atoms with Gasteiger partial charge in [-0.3, -0.25) is 4.98 Å². The summed E-state index contributed by atoms with van der Waals surface area (Å²) in [5, 5.41) is 12.1. The van der Waals surface area contributed by atoms with Crippen LogP contribution in [-0.4, -0.2) is 43.1 Å². The standard InChI is InChI=1S/C21H14ClF3N6O3/c1-34-9-12-5-14(30-16-3-2-11(7-26-16)21(23,24)25)18-19(29-12)31-15(8-28-18)17-13(22)4-10(6-27-17)20(32)33/h2-8H,9H2,1H3,(H,32,33)(H,26,29,30,31). The molecule has 0 spiro atoms. The van der Waals surface area contributed by atoms with E-state index in [1.165, 1.54) is 25.4 Å². The lowest BCUT2D eigenvalue weighted by atomic mass is 10.2. The van der Waals surface area contributed by atoms with Gasteiger partial charge >= 0.3 is 12.1 Å². The average molecular weight is 491 g/mol. The molecule has 0 aromatic carbocycles. The molecule has 0 radical (unpaired) electrons. The number of anilines is 2. The molecule has 2 N–H and O–H groups in total. The van der Waals surface area contributed by atoms with E-state index in [0.717, 1.165) is 18.5 Å². The number of halogens is 4. The topological polar surface area (TPSA) is 123 Å². The summed E-state index contributed by atoms with van der Waals surface area (Å²) in [7, 11) is 1.48. The summed E-state index contributed by atoms with van der Waals surface area (Å²) in [4.78, 5) is 32.2. The molecular weight excluding hydrogens is 477 g/mol. The number of ether oxygens (including phenoxy) is 1. The highest BCUT2D eigenvalue weighted by Crippen LogP contribution is 2.31. The number of hydrogen-bond donors (Lipinski definition) is 2. The van der Waals surface area contributed by atoms with Gasteiger partial charge in [0.1, 0.15) is 22.7 Å². The van der Waals surface area contributed by atoms with Crippen molar-refractivity contribution in [3.8, 4) is 11.4 Å². The van der Waals surface area contributed by atoms with Crippen molar-refractivity contribution in [1.82, 2.24) is 24.9 Å². The summed E-state index contributed by atoms with van der Waals surface area (Å²) >= 11 is 6.19. The van der Waals surface area contributed by atoms with Gasteiger partial charge in [0, 0.05) is 19.5 Å². The number of nitrogens with one attached hydrogen (secondary N) is 1. The first-order chi connectivity index (χ1) is 16.2. The van der Waals surface area contributed by atoms with E-state index < -0.39 is 17.7 Å². The monoisotopic (exact) mass is 490 g/mol. The molecule has 4 aromatic rings. The van der Waals surface area contributed by atoms with Gasteiger partial charge in [0.15, 0.2) is 5.65 Å². The number of carbonyl (C=O) groups is 1. The zero-order valence-electron chi connectivity index (χ0n) is 17.3. The van der Waals surface area contributed by atoms with Crippen LogP contribution in [0.4, 0.5) is 24.7 Å². The first-order valence-corrected chi connectivity index (χ1v) is 9.88. The minimum Gasteiger partial charge on any atom is -0.478 e. The smallest absolute Gasteiger partial charge is 0.417 e. The van der Waals surface area contributed by atoms with Gasteiger partial charge in [-0.1, -0.05) is 11.6 Å². The van der Waals surface area contributed by atoms with Crippen LogP contribution in [0.3, 0.4) is 0 Å². The molecule has 0 aliphatic carbocycles. The lowest BCUT2D eigenvalue weighted by molar-refractivity contribution is -0.137. The fraction of sp³-hybridized carbons (Fsp3) is 0.143. The number of hydrogen-bond acceptors (Lipinski definition) is 8. The third-order valence-electron chi connectivity index (χ3n) is 4.55. The van der Waals surface area contributed by atoms with Gasteiger partial charge < -0.3 is 15.2 Å². The maximum Gasteiger partial charge on any atom is 0.417 e. The fourth-order valence-electron chi connectivity index (χ4n) is 3.00. The van der Waals surface area contributed by atoms with Crippen LogP contribution in [-0.2, 0) is 17.5 Å². The van der Waals surface area contributed by atoms with Crippen LogP contribution in [0.5, 0.6) is 0 Å². The van der Waals surface area contributed by atoms with Crippen LogP contribution in [0.15, 0.2) is 42.9 Å². The van der Waals surface area contributed by atoms with Crippen LogP contribution >= 0.6 is 11.6 Å². The number of nitrogens with zero attached hydrogens (tertiary/aromatic N) is 5. The van der Waals surface area contributed by atoms with E-state index >= 15 is 0 Å². The van der Waals surface area contributed by atoms with Crippen molar-refractivity contribution in [2.24, 2.45) is 0 Å². The summed E-state index contributed by atoms with van der Waals surface area (Å²) in [6.07, 6.45) is -1.26. The number of aromatic nitrogens is 5. The van der Waals surface area contributed by atoms with Gasteiger partial charge in [0.05, 0.1) is 40.3 Å². The van der Waals surface area contributed by atoms with Crippen molar-refractivity contribution in [3.05, 3.63) is 64.7 Å². The summed E-state index contributed by atoms with van der Waals surface area (Å²) in [5.41, 5.74) is 0.845. The molecule has 9 nitrogen and oxygen atoms in total. The Bertz CT molecular complexity index is 1380. The highest BCUT2D eigenvalue weighted by atomic mass is 35.5. The lowest BCUT2D eigenvalue weighted by Gasteiger charge is -2.12. The van der Waals surface area contributed by atoms with E-state index in [2.05, 4.69) is 30.2 Å². The molecule has 0 amide bonds. The van der Waals surface area contributed by atoms with E-state index in [0.29, 0.717) is 16.9 Å². The third kappa shape index (κ3) is 4.87. The van der Waals surface area contributed by atoms with Crippen molar-refractivity contribution >= 4 is 40.2 Å². The summed E-state index contributed by atoms with van der Waals surface area (Å²) < 4.78 is 43.6. The predicted molar refractivity (Wildman–Crippen MR) is 116 cm³/mol. The van der Waals surface area contributed by atoms with Gasteiger partial charge in [-0.2, -0.15) is 13.2 Å². The molecule has 34 heavy (non-hydrogen) atoms. The molecule has 4 aromatic heterocycles. The van der Waals surface area contributed by atoms with Crippen LogP contribution in [0.2, 0.25) is 5.02 Å². The Labute approximate surface area is 194 Å². The van der Waals surface area contributed by atoms with E-state index in [1.54, 1.807) is 6.07 Å². The number of alkyl halides is 3. The average Bonchev–Trinajstić information content (AvgIpc) is 2.78. The second kappa shape index (κ2) is 9.15. The van der Waals surface area contributed by atoms with E-state index in [1.807, 2.05) is 0 Å². The maximum atomic E-state index is 12.8. The molecule has 0 unspecified atom stereocenters. The van der Waals surface area contributed by atoms with E-state index in [4.69, 9.17) is 21.4 Å². The normalized spacial score (nSPS) is 11.6. The first-order valence-electron chi connectivity index (χ1n) is 9.51. The van der Waals surface area contributed by atoms with Crippen molar-refractivity contribution in [3.63, 3.8) is 0 Å². The van der Waals surface area contributed by atoms with Crippen molar-refractivity contribution in [2.45, 2.75) is 12.8 Å². The minimum atomic E-state index is -4.50. The number of fused-ring (bicyclic) bond motifs is 1. The lowest BCUT2D eigenvalue weighted by Crippen LogP contribution is -2.06. The molecule has 0 saturated heterocycles. The summed E-state index contributed by atoms with van der Waals surface area (Å²) in [6, 6.07) is 4.97. The molecular formula is C21H14ClF3N6O3. The van der Waals surface area contributed by atoms with Crippen LogP contribution < -0.4 is 5.32 Å². The molecule has 4 heterocycles. The van der Waals surface area contributed by atoms with Gasteiger partial charge in [0.2, 0.25) is 0 Å². The van der Waals surface area contributed by atoms with Crippen LogP contribution in [0.25, 0.3) is 22.6 Å². The molecule has 0 aliphatic rings. The van der Waals surface area contributed by atoms with E-state index in [-0.39, 0.29) is 40.0 Å². The van der Waals surface area contributed by atoms with Gasteiger partial charge in [-0.05, 0) is 24.3 Å². The van der Waals surface area contributed by atoms with Gasteiger partial charge in [0.25, 0.3) is 0 Å². The Morgan fingerprint density at radius 2 is 1.91 bits per heavy atom. The zero-order valence-corrected chi connectivity index (χ0v) is 18.0.